The van der Waals surface area contributed by atoms with Crippen LogP contribution in [0.1, 0.15) is 17.5 Å². The fourth-order valence-corrected chi connectivity index (χ4v) is 4.31. The van der Waals surface area contributed by atoms with E-state index in [-0.39, 0.29) is 5.91 Å². The Hall–Kier alpha value is -3.01. The molecule has 180 valence electrons. The number of rotatable bonds is 9. The second-order valence-corrected chi connectivity index (χ2v) is 9.05. The van der Waals surface area contributed by atoms with Crippen molar-refractivity contribution in [2.45, 2.75) is 26.1 Å². The zero-order valence-corrected chi connectivity index (χ0v) is 20.6. The van der Waals surface area contributed by atoms with E-state index in [9.17, 15) is 4.79 Å². The van der Waals surface area contributed by atoms with Crippen molar-refractivity contribution in [1.82, 2.24) is 29.9 Å². The molecule has 2 aromatic carbocycles. The van der Waals surface area contributed by atoms with Gasteiger partial charge in [0.15, 0.2) is 10.6 Å². The van der Waals surface area contributed by atoms with Crippen molar-refractivity contribution in [3.8, 4) is 17.1 Å². The van der Waals surface area contributed by atoms with Crippen LogP contribution in [0.3, 0.4) is 0 Å². The Morgan fingerprint density at radius 1 is 1.12 bits per heavy atom. The molecule has 0 spiro atoms. The molecule has 8 nitrogen and oxygen atoms in total. The first-order valence-electron chi connectivity index (χ1n) is 11.6. The lowest BCUT2D eigenvalue weighted by atomic mass is 10.1. The highest BCUT2D eigenvalue weighted by atomic mass is 32.1. The molecular formula is C25H32N6O2S. The molecular weight excluding hydrogens is 448 g/mol. The number of methoxy groups -OCH3 is 1. The highest BCUT2D eigenvalue weighted by Crippen LogP contribution is 2.21. The topological polar surface area (TPSA) is 78.4 Å². The van der Waals surface area contributed by atoms with Crippen LogP contribution in [0.4, 0.5) is 0 Å². The van der Waals surface area contributed by atoms with Crippen LogP contribution in [0.15, 0.2) is 48.5 Å². The Kier molecular flexibility index (Phi) is 8.10. The van der Waals surface area contributed by atoms with Gasteiger partial charge in [-0.2, -0.15) is 5.10 Å². The van der Waals surface area contributed by atoms with E-state index in [2.05, 4.69) is 56.6 Å². The van der Waals surface area contributed by atoms with Crippen molar-refractivity contribution < 1.29 is 9.53 Å². The van der Waals surface area contributed by atoms with Crippen LogP contribution in [0, 0.1) is 4.77 Å². The van der Waals surface area contributed by atoms with E-state index in [4.69, 9.17) is 17.0 Å². The molecule has 3 aromatic rings. The summed E-state index contributed by atoms with van der Waals surface area (Å²) in [6.45, 7) is 6.30. The molecule has 1 aromatic heterocycles. The van der Waals surface area contributed by atoms with Crippen molar-refractivity contribution in [3.05, 3.63) is 64.4 Å². The maximum atomic E-state index is 12.6. The van der Waals surface area contributed by atoms with E-state index in [1.54, 1.807) is 7.11 Å². The summed E-state index contributed by atoms with van der Waals surface area (Å²) in [5.41, 5.74) is 3.30. The van der Waals surface area contributed by atoms with Gasteiger partial charge in [-0.05, 0) is 54.7 Å². The smallest absolute Gasteiger partial charge is 0.222 e. The first-order chi connectivity index (χ1) is 16.5. The first-order valence-corrected chi connectivity index (χ1v) is 12.0. The van der Waals surface area contributed by atoms with E-state index in [0.717, 1.165) is 49.6 Å². The fourth-order valence-electron chi connectivity index (χ4n) is 4.09. The molecule has 1 aliphatic rings. The van der Waals surface area contributed by atoms with Crippen molar-refractivity contribution in [1.29, 1.82) is 0 Å². The highest BCUT2D eigenvalue weighted by molar-refractivity contribution is 7.71. The summed E-state index contributed by atoms with van der Waals surface area (Å²) < 4.78 is 7.57. The predicted molar refractivity (Wildman–Crippen MR) is 135 cm³/mol. The molecule has 9 heteroatoms. The van der Waals surface area contributed by atoms with Crippen molar-refractivity contribution in [3.63, 3.8) is 0 Å². The van der Waals surface area contributed by atoms with Gasteiger partial charge in [-0.3, -0.25) is 19.4 Å². The van der Waals surface area contributed by atoms with Gasteiger partial charge in [0.1, 0.15) is 5.75 Å². The lowest BCUT2D eigenvalue weighted by Crippen LogP contribution is -2.43. The minimum atomic E-state index is -0.0201. The molecule has 34 heavy (non-hydrogen) atoms. The Bertz CT molecular complexity index is 1150. The number of benzene rings is 2. The van der Waals surface area contributed by atoms with Gasteiger partial charge in [-0.15, -0.1) is 0 Å². The van der Waals surface area contributed by atoms with Gasteiger partial charge < -0.3 is 15.0 Å². The van der Waals surface area contributed by atoms with Gasteiger partial charge in [0.05, 0.1) is 7.11 Å². The summed E-state index contributed by atoms with van der Waals surface area (Å²) in [6.07, 6.45) is 0.317. The van der Waals surface area contributed by atoms with Gasteiger partial charge >= 0.3 is 0 Å². The van der Waals surface area contributed by atoms with Gasteiger partial charge in [0.25, 0.3) is 0 Å². The molecule has 0 bridgehead atoms. The Balaban J connectivity index is 1.30. The third-order valence-electron chi connectivity index (χ3n) is 6.15. The molecule has 0 atom stereocenters. The highest BCUT2D eigenvalue weighted by Gasteiger charge is 2.14. The number of hydrogen-bond donors (Lipinski definition) is 2. The van der Waals surface area contributed by atoms with Crippen molar-refractivity contribution in [2.24, 2.45) is 0 Å². The second-order valence-electron chi connectivity index (χ2n) is 8.66. The molecule has 0 aliphatic carbocycles. The van der Waals surface area contributed by atoms with Gasteiger partial charge in [0, 0.05) is 57.8 Å². The number of ether oxygens (including phenoxy) is 1. The zero-order valence-electron chi connectivity index (χ0n) is 19.8. The molecule has 1 fully saturated rings. The number of nitrogens with one attached hydrogen (secondary N) is 2. The molecule has 0 saturated carbocycles. The Morgan fingerprint density at radius 3 is 2.59 bits per heavy atom. The third kappa shape index (κ3) is 6.31. The average molecular weight is 481 g/mol. The molecule has 4 rings (SSSR count). The number of hydrogen-bond acceptors (Lipinski definition) is 6. The number of carbonyl (C=O) groups excluding carboxylic acids is 1. The lowest BCUT2D eigenvalue weighted by Gasteiger charge is -2.32. The maximum absolute atomic E-state index is 12.6. The number of nitrogens with zero attached hydrogens (tertiary/aromatic N) is 4. The minimum absolute atomic E-state index is 0.0201. The molecule has 1 amide bonds. The van der Waals surface area contributed by atoms with Crippen LogP contribution < -0.4 is 10.1 Å². The third-order valence-corrected chi connectivity index (χ3v) is 6.46. The molecule has 0 unspecified atom stereocenters. The standard InChI is InChI=1S/C25H32N6O2S/c1-29-12-14-30(15-13-29)18-20-5-3-4-19(16-20)17-26-23(32)10-11-31-24(27-28-25(31)34)21-6-8-22(33-2)9-7-21/h3-9,16H,10-15,17-18H2,1-2H3,(H,26,32)(H,28,34). The van der Waals surface area contributed by atoms with Crippen LogP contribution in [-0.4, -0.2) is 70.8 Å². The van der Waals surface area contributed by atoms with Crippen LogP contribution in [0.2, 0.25) is 0 Å². The van der Waals surface area contributed by atoms with Crippen LogP contribution >= 0.6 is 12.2 Å². The van der Waals surface area contributed by atoms with Gasteiger partial charge in [0.2, 0.25) is 5.91 Å². The number of amides is 1. The summed E-state index contributed by atoms with van der Waals surface area (Å²) >= 11 is 5.38. The Labute approximate surface area is 205 Å². The maximum Gasteiger partial charge on any atom is 0.222 e. The van der Waals surface area contributed by atoms with Crippen molar-refractivity contribution in [2.75, 3.05) is 40.3 Å². The monoisotopic (exact) mass is 480 g/mol. The normalized spacial score (nSPS) is 14.8. The molecule has 2 heterocycles. The minimum Gasteiger partial charge on any atom is -0.497 e. The largest absolute Gasteiger partial charge is 0.497 e. The first kappa shape index (κ1) is 24.1. The summed E-state index contributed by atoms with van der Waals surface area (Å²) in [4.78, 5) is 17.4. The zero-order chi connectivity index (χ0) is 23.9. The number of aromatic amines is 1. The van der Waals surface area contributed by atoms with Gasteiger partial charge in [-0.1, -0.05) is 24.3 Å². The van der Waals surface area contributed by atoms with Crippen molar-refractivity contribution >= 4 is 18.1 Å². The Morgan fingerprint density at radius 2 is 1.85 bits per heavy atom. The lowest BCUT2D eigenvalue weighted by molar-refractivity contribution is -0.121. The number of carbonyl (C=O) groups is 1. The van der Waals surface area contributed by atoms with Crippen LogP contribution in [0.25, 0.3) is 11.4 Å². The predicted octanol–water partition coefficient (Wildman–Crippen LogP) is 3.07. The number of aromatic nitrogens is 3. The van der Waals surface area contributed by atoms with E-state index in [1.807, 2.05) is 28.8 Å². The SMILES string of the molecule is COc1ccc(-c2n[nH]c(=S)n2CCC(=O)NCc2cccc(CN3CCN(C)CC3)c2)cc1. The number of likely N-dealkylation sites (N-methyl/N-ethyl adjacent to an activating group) is 1. The summed E-state index contributed by atoms with van der Waals surface area (Å²) in [5.74, 6) is 1.46. The van der Waals surface area contributed by atoms with Crippen LogP contribution in [-0.2, 0) is 24.4 Å². The molecule has 0 radical (unpaired) electrons. The molecule has 2 N–H and O–H groups in total. The number of piperazine rings is 1. The molecule has 1 aliphatic heterocycles. The summed E-state index contributed by atoms with van der Waals surface area (Å²) in [7, 11) is 3.80. The molecule has 1 saturated heterocycles. The van der Waals surface area contributed by atoms with Crippen LogP contribution in [0.5, 0.6) is 5.75 Å². The van der Waals surface area contributed by atoms with E-state index in [1.165, 1.54) is 5.56 Å². The second kappa shape index (κ2) is 11.4. The summed E-state index contributed by atoms with van der Waals surface area (Å²) in [5, 5.41) is 10.2. The van der Waals surface area contributed by atoms with E-state index >= 15 is 0 Å². The average Bonchev–Trinajstić information content (AvgIpc) is 3.23. The van der Waals surface area contributed by atoms with E-state index < -0.39 is 0 Å². The fraction of sp³-hybridized carbons (Fsp3) is 0.400. The number of H-pyrrole nitrogens is 1. The van der Waals surface area contributed by atoms with E-state index in [0.29, 0.717) is 30.1 Å². The summed E-state index contributed by atoms with van der Waals surface area (Å²) in [6, 6.07) is 16.1. The van der Waals surface area contributed by atoms with Gasteiger partial charge in [-0.25, -0.2) is 0 Å². The quantitative estimate of drug-likeness (QED) is 0.459.